The Morgan fingerprint density at radius 1 is 0.636 bits per heavy atom. The Balaban J connectivity index is -0.000000263. The van der Waals surface area contributed by atoms with Crippen molar-refractivity contribution in [3.05, 3.63) is 0 Å². The van der Waals surface area contributed by atoms with Crippen molar-refractivity contribution < 1.29 is 0 Å². The Labute approximate surface area is 139 Å². The molecule has 0 amide bonds. The SMILES string of the molecule is CC(C)CN.CC(C)NCCN.CC(C)NCCNCCN. The monoisotopic (exact) mass is 320 g/mol. The van der Waals surface area contributed by atoms with Crippen LogP contribution >= 0.6 is 0 Å². The van der Waals surface area contributed by atoms with E-state index in [1.54, 1.807) is 0 Å². The Morgan fingerprint density at radius 3 is 1.32 bits per heavy atom. The first kappa shape index (κ1) is 26.6. The second-order valence-electron chi connectivity index (χ2n) is 6.17. The predicted octanol–water partition coefficient (Wildman–Crippen LogP) is 0.0769. The maximum atomic E-state index is 5.29. The van der Waals surface area contributed by atoms with Crippen LogP contribution in [0.5, 0.6) is 0 Å². The molecule has 0 heterocycles. The first-order valence-corrected chi connectivity index (χ1v) is 8.59. The Hall–Kier alpha value is -0.240. The topological polar surface area (TPSA) is 114 Å². The summed E-state index contributed by atoms with van der Waals surface area (Å²) in [6.07, 6.45) is 0. The summed E-state index contributed by atoms with van der Waals surface area (Å²) < 4.78 is 0. The third kappa shape index (κ3) is 42.7. The van der Waals surface area contributed by atoms with E-state index >= 15 is 0 Å². The van der Waals surface area contributed by atoms with Gasteiger partial charge in [0.05, 0.1) is 0 Å². The first-order chi connectivity index (χ1) is 10.3. The van der Waals surface area contributed by atoms with Crippen LogP contribution < -0.4 is 33.2 Å². The molecule has 0 aliphatic rings. The molecule has 138 valence electrons. The molecule has 6 nitrogen and oxygen atoms in total. The van der Waals surface area contributed by atoms with Gasteiger partial charge in [-0.3, -0.25) is 0 Å². The van der Waals surface area contributed by atoms with Crippen molar-refractivity contribution in [3.63, 3.8) is 0 Å². The average Bonchev–Trinajstić information content (AvgIpc) is 2.45. The van der Waals surface area contributed by atoms with Crippen LogP contribution in [0.25, 0.3) is 0 Å². The third-order valence-corrected chi connectivity index (χ3v) is 2.34. The Kier molecular flexibility index (Phi) is 27.9. The van der Waals surface area contributed by atoms with Gasteiger partial charge in [0, 0.05) is 51.4 Å². The molecule has 0 unspecified atom stereocenters. The fourth-order valence-electron chi connectivity index (χ4n) is 1.05. The number of hydrogen-bond acceptors (Lipinski definition) is 6. The van der Waals surface area contributed by atoms with Crippen LogP contribution in [0.3, 0.4) is 0 Å². The smallest absolute Gasteiger partial charge is 0.00791 e. The minimum atomic E-state index is 0.573. The van der Waals surface area contributed by atoms with Gasteiger partial charge in [0.2, 0.25) is 0 Å². The second kappa shape index (κ2) is 23.0. The lowest BCUT2D eigenvalue weighted by molar-refractivity contribution is 0.558. The van der Waals surface area contributed by atoms with Crippen LogP contribution in [0.1, 0.15) is 41.5 Å². The largest absolute Gasteiger partial charge is 0.330 e. The fourth-order valence-corrected chi connectivity index (χ4v) is 1.05. The zero-order chi connectivity index (χ0) is 17.8. The molecule has 0 bridgehead atoms. The van der Waals surface area contributed by atoms with Crippen molar-refractivity contribution in [1.82, 2.24) is 16.0 Å². The molecule has 0 atom stereocenters. The van der Waals surface area contributed by atoms with Gasteiger partial charge in [-0.15, -0.1) is 0 Å². The van der Waals surface area contributed by atoms with E-state index in [1.165, 1.54) is 0 Å². The van der Waals surface area contributed by atoms with Crippen LogP contribution in [0.2, 0.25) is 0 Å². The molecule has 9 N–H and O–H groups in total. The van der Waals surface area contributed by atoms with Gasteiger partial charge >= 0.3 is 0 Å². The van der Waals surface area contributed by atoms with E-state index in [-0.39, 0.29) is 0 Å². The van der Waals surface area contributed by atoms with Gasteiger partial charge in [0.15, 0.2) is 0 Å². The lowest BCUT2D eigenvalue weighted by Gasteiger charge is -2.07. The summed E-state index contributed by atoms with van der Waals surface area (Å²) >= 11 is 0. The normalized spacial score (nSPS) is 10.4. The molecule has 0 aliphatic carbocycles. The van der Waals surface area contributed by atoms with Crippen LogP contribution in [-0.4, -0.2) is 57.9 Å². The summed E-state index contributed by atoms with van der Waals surface area (Å²) in [7, 11) is 0. The molecule has 0 aliphatic heterocycles. The highest BCUT2D eigenvalue weighted by molar-refractivity contribution is 4.55. The lowest BCUT2D eigenvalue weighted by Crippen LogP contribution is -2.33. The number of hydrogen-bond donors (Lipinski definition) is 6. The summed E-state index contributed by atoms with van der Waals surface area (Å²) in [5.41, 5.74) is 15.7. The molecule has 0 saturated carbocycles. The first-order valence-electron chi connectivity index (χ1n) is 8.59. The summed E-state index contributed by atoms with van der Waals surface area (Å²) in [5.74, 6) is 0.662. The summed E-state index contributed by atoms with van der Waals surface area (Å²) in [6.45, 7) is 18.8. The van der Waals surface area contributed by atoms with E-state index < -0.39 is 0 Å². The van der Waals surface area contributed by atoms with Gasteiger partial charge in [0.1, 0.15) is 0 Å². The summed E-state index contributed by atoms with van der Waals surface area (Å²) in [5, 5.41) is 9.67. The third-order valence-electron chi connectivity index (χ3n) is 2.34. The highest BCUT2D eigenvalue weighted by atomic mass is 15.0. The molecular formula is C16H44N6. The fraction of sp³-hybridized carbons (Fsp3) is 1.00. The molecule has 0 aromatic carbocycles. The number of rotatable bonds is 10. The van der Waals surface area contributed by atoms with Gasteiger partial charge in [0.25, 0.3) is 0 Å². The van der Waals surface area contributed by atoms with Crippen molar-refractivity contribution in [2.75, 3.05) is 45.8 Å². The maximum Gasteiger partial charge on any atom is 0.00791 e. The zero-order valence-electron chi connectivity index (χ0n) is 15.9. The molecular weight excluding hydrogens is 276 g/mol. The molecule has 0 aromatic heterocycles. The Bertz CT molecular complexity index is 174. The van der Waals surface area contributed by atoms with E-state index in [9.17, 15) is 0 Å². The average molecular weight is 321 g/mol. The van der Waals surface area contributed by atoms with Crippen molar-refractivity contribution in [2.45, 2.75) is 53.6 Å². The van der Waals surface area contributed by atoms with Crippen molar-refractivity contribution in [2.24, 2.45) is 23.1 Å². The summed E-state index contributed by atoms with van der Waals surface area (Å²) in [6, 6.07) is 1.16. The quantitative estimate of drug-likeness (QED) is 0.318. The van der Waals surface area contributed by atoms with Crippen LogP contribution in [0.15, 0.2) is 0 Å². The van der Waals surface area contributed by atoms with Gasteiger partial charge in [-0.25, -0.2) is 0 Å². The van der Waals surface area contributed by atoms with Gasteiger partial charge in [-0.05, 0) is 12.5 Å². The van der Waals surface area contributed by atoms with Gasteiger partial charge in [-0.1, -0.05) is 41.5 Å². The van der Waals surface area contributed by atoms with E-state index in [0.717, 1.165) is 45.8 Å². The van der Waals surface area contributed by atoms with Gasteiger partial charge < -0.3 is 33.2 Å². The maximum absolute atomic E-state index is 5.29. The standard InChI is InChI=1S/C7H19N3.C5H14N2.C4H11N/c1-7(2)10-6-5-9-4-3-8;1-5(2)7-4-3-6;1-4(2)3-5/h7,9-10H,3-6,8H2,1-2H3;5,7H,3-4,6H2,1-2H3;4H,3,5H2,1-2H3. The summed E-state index contributed by atoms with van der Waals surface area (Å²) in [4.78, 5) is 0. The van der Waals surface area contributed by atoms with Crippen LogP contribution in [0.4, 0.5) is 0 Å². The molecule has 0 rings (SSSR count). The lowest BCUT2D eigenvalue weighted by atomic mass is 10.2. The zero-order valence-corrected chi connectivity index (χ0v) is 15.9. The number of nitrogens with two attached hydrogens (primary N) is 3. The minimum absolute atomic E-state index is 0.573. The van der Waals surface area contributed by atoms with Crippen LogP contribution in [0, 0.1) is 5.92 Å². The molecule has 6 heteroatoms. The van der Waals surface area contributed by atoms with E-state index in [1.807, 2.05) is 0 Å². The highest BCUT2D eigenvalue weighted by Gasteiger charge is 1.89. The second-order valence-corrected chi connectivity index (χ2v) is 6.17. The van der Waals surface area contributed by atoms with Crippen molar-refractivity contribution in [1.29, 1.82) is 0 Å². The molecule has 22 heavy (non-hydrogen) atoms. The minimum Gasteiger partial charge on any atom is -0.330 e. The molecule has 0 radical (unpaired) electrons. The molecule has 0 spiro atoms. The highest BCUT2D eigenvalue weighted by Crippen LogP contribution is 1.81. The Morgan fingerprint density at radius 2 is 1.05 bits per heavy atom. The van der Waals surface area contributed by atoms with Gasteiger partial charge in [-0.2, -0.15) is 0 Å². The predicted molar refractivity (Wildman–Crippen MR) is 101 cm³/mol. The number of nitrogens with one attached hydrogen (secondary N) is 3. The van der Waals surface area contributed by atoms with E-state index in [2.05, 4.69) is 57.5 Å². The molecule has 0 saturated heterocycles. The van der Waals surface area contributed by atoms with Crippen molar-refractivity contribution in [3.8, 4) is 0 Å². The van der Waals surface area contributed by atoms with Crippen molar-refractivity contribution >= 4 is 0 Å². The van der Waals surface area contributed by atoms with E-state index in [4.69, 9.17) is 17.2 Å². The molecule has 0 aromatic rings. The van der Waals surface area contributed by atoms with E-state index in [0.29, 0.717) is 18.0 Å². The molecule has 0 fully saturated rings. The van der Waals surface area contributed by atoms with Crippen LogP contribution in [-0.2, 0) is 0 Å².